The number of aromatic hydroxyl groups is 1. The van der Waals surface area contributed by atoms with E-state index in [2.05, 4.69) is 15.3 Å². The lowest BCUT2D eigenvalue weighted by molar-refractivity contribution is 0.0932. The molecule has 94 valence electrons. The van der Waals surface area contributed by atoms with Crippen molar-refractivity contribution in [2.45, 2.75) is 19.4 Å². The van der Waals surface area contributed by atoms with Gasteiger partial charge in [-0.1, -0.05) is 6.92 Å². The fraction of sp³-hybridized carbons (Fsp3) is 0.250. The van der Waals surface area contributed by atoms with Crippen molar-refractivity contribution in [1.82, 2.24) is 15.3 Å². The Kier molecular flexibility index (Phi) is 3.88. The van der Waals surface area contributed by atoms with Crippen LogP contribution in [-0.2, 0) is 0 Å². The van der Waals surface area contributed by atoms with Gasteiger partial charge in [0.1, 0.15) is 10.8 Å². The van der Waals surface area contributed by atoms with Crippen LogP contribution in [0.5, 0.6) is 5.75 Å². The standard InChI is InChI=1S/C12H13N3O2S/c1-2-9(12-14-5-6-18-12)15-11(17)8-3-4-13-7-10(8)16/h3-7,9,16H,2H2,1H3,(H,15,17). The number of nitrogens with one attached hydrogen (secondary N) is 1. The highest BCUT2D eigenvalue weighted by Crippen LogP contribution is 2.21. The second-order valence-corrected chi connectivity index (χ2v) is 4.62. The molecule has 5 nitrogen and oxygen atoms in total. The zero-order valence-corrected chi connectivity index (χ0v) is 10.6. The molecule has 6 heteroatoms. The summed E-state index contributed by atoms with van der Waals surface area (Å²) >= 11 is 1.50. The number of carbonyl (C=O) groups is 1. The summed E-state index contributed by atoms with van der Waals surface area (Å²) in [6.45, 7) is 1.97. The Morgan fingerprint density at radius 3 is 3.00 bits per heavy atom. The van der Waals surface area contributed by atoms with Crippen LogP contribution in [-0.4, -0.2) is 21.0 Å². The van der Waals surface area contributed by atoms with Gasteiger partial charge < -0.3 is 10.4 Å². The Morgan fingerprint density at radius 1 is 1.56 bits per heavy atom. The SMILES string of the molecule is CCC(NC(=O)c1ccncc1O)c1nccs1. The zero-order chi connectivity index (χ0) is 13.0. The van der Waals surface area contributed by atoms with Crippen molar-refractivity contribution in [2.75, 3.05) is 0 Å². The van der Waals surface area contributed by atoms with Crippen LogP contribution in [0.1, 0.15) is 34.8 Å². The topological polar surface area (TPSA) is 75.1 Å². The fourth-order valence-electron chi connectivity index (χ4n) is 1.56. The summed E-state index contributed by atoms with van der Waals surface area (Å²) < 4.78 is 0. The first-order chi connectivity index (χ1) is 8.72. The van der Waals surface area contributed by atoms with E-state index in [9.17, 15) is 9.90 Å². The molecular formula is C12H13N3O2S. The summed E-state index contributed by atoms with van der Waals surface area (Å²) in [4.78, 5) is 19.9. The smallest absolute Gasteiger partial charge is 0.255 e. The van der Waals surface area contributed by atoms with Crippen LogP contribution >= 0.6 is 11.3 Å². The van der Waals surface area contributed by atoms with Crippen molar-refractivity contribution in [1.29, 1.82) is 0 Å². The van der Waals surface area contributed by atoms with Crippen molar-refractivity contribution in [3.8, 4) is 5.75 Å². The van der Waals surface area contributed by atoms with Crippen LogP contribution in [0.4, 0.5) is 0 Å². The quantitative estimate of drug-likeness (QED) is 0.886. The van der Waals surface area contributed by atoms with Crippen LogP contribution in [0.25, 0.3) is 0 Å². The van der Waals surface area contributed by atoms with Gasteiger partial charge in [-0.15, -0.1) is 11.3 Å². The number of rotatable bonds is 4. The molecule has 0 saturated heterocycles. The lowest BCUT2D eigenvalue weighted by Gasteiger charge is -2.14. The zero-order valence-electron chi connectivity index (χ0n) is 9.83. The average Bonchev–Trinajstić information content (AvgIpc) is 2.90. The first-order valence-corrected chi connectivity index (χ1v) is 6.43. The minimum Gasteiger partial charge on any atom is -0.505 e. The van der Waals surface area contributed by atoms with Gasteiger partial charge in [-0.25, -0.2) is 4.98 Å². The van der Waals surface area contributed by atoms with Gasteiger partial charge in [-0.3, -0.25) is 9.78 Å². The number of thiazole rings is 1. The highest BCUT2D eigenvalue weighted by Gasteiger charge is 2.18. The first kappa shape index (κ1) is 12.5. The molecule has 0 aromatic carbocycles. The molecule has 0 saturated carbocycles. The lowest BCUT2D eigenvalue weighted by Crippen LogP contribution is -2.28. The summed E-state index contributed by atoms with van der Waals surface area (Å²) in [5.41, 5.74) is 0.222. The first-order valence-electron chi connectivity index (χ1n) is 5.55. The molecule has 0 aliphatic heterocycles. The average molecular weight is 263 g/mol. The Balaban J connectivity index is 2.14. The van der Waals surface area contributed by atoms with Crippen molar-refractivity contribution in [3.05, 3.63) is 40.6 Å². The van der Waals surface area contributed by atoms with Gasteiger partial charge in [0.15, 0.2) is 0 Å². The number of pyridine rings is 1. The van der Waals surface area contributed by atoms with Gasteiger partial charge in [0.2, 0.25) is 0 Å². The monoisotopic (exact) mass is 263 g/mol. The number of aromatic nitrogens is 2. The molecule has 2 aromatic heterocycles. The van der Waals surface area contributed by atoms with Crippen LogP contribution < -0.4 is 5.32 Å². The molecular weight excluding hydrogens is 250 g/mol. The van der Waals surface area contributed by atoms with E-state index in [4.69, 9.17) is 0 Å². The molecule has 1 atom stereocenters. The van der Waals surface area contributed by atoms with Crippen LogP contribution in [0.3, 0.4) is 0 Å². The second kappa shape index (κ2) is 5.59. The number of hydrogen-bond acceptors (Lipinski definition) is 5. The Bertz CT molecular complexity index is 528. The number of nitrogens with zero attached hydrogens (tertiary/aromatic N) is 2. The number of amides is 1. The van der Waals surface area contributed by atoms with Crippen molar-refractivity contribution < 1.29 is 9.90 Å². The summed E-state index contributed by atoms with van der Waals surface area (Å²) in [6.07, 6.45) is 5.17. The van der Waals surface area contributed by atoms with Crippen LogP contribution in [0.15, 0.2) is 30.0 Å². The minimum atomic E-state index is -0.322. The molecule has 0 aliphatic carbocycles. The normalized spacial score (nSPS) is 12.1. The highest BCUT2D eigenvalue weighted by molar-refractivity contribution is 7.09. The third-order valence-corrected chi connectivity index (χ3v) is 3.40. The van der Waals surface area contributed by atoms with E-state index in [1.54, 1.807) is 6.20 Å². The molecule has 0 fully saturated rings. The Morgan fingerprint density at radius 2 is 2.39 bits per heavy atom. The molecule has 0 spiro atoms. The predicted octanol–water partition coefficient (Wildman–Crippen LogP) is 2.12. The fourth-order valence-corrected chi connectivity index (χ4v) is 2.33. The summed E-state index contributed by atoms with van der Waals surface area (Å²) in [6, 6.07) is 1.35. The maximum absolute atomic E-state index is 12.0. The van der Waals surface area contributed by atoms with E-state index in [1.807, 2.05) is 12.3 Å². The maximum atomic E-state index is 12.0. The summed E-state index contributed by atoms with van der Waals surface area (Å²) in [7, 11) is 0. The molecule has 2 N–H and O–H groups in total. The van der Waals surface area contributed by atoms with Crippen LogP contribution in [0, 0.1) is 0 Å². The maximum Gasteiger partial charge on any atom is 0.255 e. The third-order valence-electron chi connectivity index (χ3n) is 2.51. The van der Waals surface area contributed by atoms with E-state index >= 15 is 0 Å². The van der Waals surface area contributed by atoms with E-state index in [-0.39, 0.29) is 23.3 Å². The third kappa shape index (κ3) is 2.65. The molecule has 0 aliphatic rings. The Hall–Kier alpha value is -1.95. The molecule has 0 radical (unpaired) electrons. The molecule has 1 amide bonds. The van der Waals surface area contributed by atoms with Crippen molar-refractivity contribution in [2.24, 2.45) is 0 Å². The summed E-state index contributed by atoms with van der Waals surface area (Å²) in [5.74, 6) is -0.444. The molecule has 2 rings (SSSR count). The van der Waals surface area contributed by atoms with E-state index < -0.39 is 0 Å². The molecule has 2 heterocycles. The highest BCUT2D eigenvalue weighted by atomic mass is 32.1. The van der Waals surface area contributed by atoms with E-state index in [0.717, 1.165) is 11.4 Å². The number of hydrogen-bond donors (Lipinski definition) is 2. The van der Waals surface area contributed by atoms with Gasteiger partial charge in [0.25, 0.3) is 5.91 Å². The van der Waals surface area contributed by atoms with Gasteiger partial charge in [0.05, 0.1) is 17.8 Å². The largest absolute Gasteiger partial charge is 0.505 e. The molecule has 18 heavy (non-hydrogen) atoms. The van der Waals surface area contributed by atoms with Crippen LogP contribution in [0.2, 0.25) is 0 Å². The Labute approximate surface area is 109 Å². The second-order valence-electron chi connectivity index (χ2n) is 3.70. The summed E-state index contributed by atoms with van der Waals surface area (Å²) in [5, 5.41) is 15.1. The predicted molar refractivity (Wildman–Crippen MR) is 68.5 cm³/mol. The van der Waals surface area contributed by atoms with Gasteiger partial charge in [-0.2, -0.15) is 0 Å². The molecule has 2 aromatic rings. The lowest BCUT2D eigenvalue weighted by atomic mass is 10.2. The molecule has 0 bridgehead atoms. The van der Waals surface area contributed by atoms with Gasteiger partial charge in [0, 0.05) is 17.8 Å². The van der Waals surface area contributed by atoms with Crippen molar-refractivity contribution >= 4 is 17.2 Å². The van der Waals surface area contributed by atoms with Gasteiger partial charge >= 0.3 is 0 Å². The van der Waals surface area contributed by atoms with Gasteiger partial charge in [-0.05, 0) is 12.5 Å². The number of carbonyl (C=O) groups excluding carboxylic acids is 1. The van der Waals surface area contributed by atoms with E-state index in [0.29, 0.717) is 0 Å². The molecule has 1 unspecified atom stereocenters. The van der Waals surface area contributed by atoms with Crippen molar-refractivity contribution in [3.63, 3.8) is 0 Å². The minimum absolute atomic E-state index is 0.121. The van der Waals surface area contributed by atoms with E-state index in [1.165, 1.54) is 29.8 Å².